The Morgan fingerprint density at radius 2 is 0.930 bits per heavy atom. The van der Waals surface area contributed by atoms with Crippen LogP contribution < -0.4 is 0 Å². The van der Waals surface area contributed by atoms with Crippen LogP contribution in [0.2, 0.25) is 0 Å². The zero-order chi connectivity index (χ0) is 33.4. The topological polar surface area (TPSA) is 77.6 Å². The second-order valence-corrected chi connectivity index (χ2v) is 10.4. The number of H-pyrrole nitrogens is 2. The third-order valence-electron chi connectivity index (χ3n) is 6.98. The molecule has 3 N–H and O–H groups in total. The van der Waals surface area contributed by atoms with E-state index in [0.717, 1.165) is 11.4 Å². The van der Waals surface area contributed by atoms with E-state index in [0.29, 0.717) is 5.88 Å². The molecule has 0 bridgehead atoms. The number of aromatic amines is 2. The average Bonchev–Trinajstić information content (AvgIpc) is 3.61. The van der Waals surface area contributed by atoms with Gasteiger partial charge in [0.1, 0.15) is 0 Å². The first-order valence-electron chi connectivity index (χ1n) is 13.3. The maximum Gasteiger partial charge on any atom is 0.0922 e. The molecule has 5 nitrogen and oxygen atoms in total. The van der Waals surface area contributed by atoms with Gasteiger partial charge in [-0.15, -0.1) is 11.6 Å². The lowest BCUT2D eigenvalue weighted by Gasteiger charge is -2.49. The normalized spacial score (nSPS) is 9.35. The zero-order valence-electron chi connectivity index (χ0n) is 24.2. The van der Waals surface area contributed by atoms with Crippen LogP contribution in [0.1, 0.15) is 11.4 Å². The fourth-order valence-corrected chi connectivity index (χ4v) is 5.24. The number of alkyl halides is 1. The van der Waals surface area contributed by atoms with Gasteiger partial charge in [0.15, 0.2) is 0 Å². The van der Waals surface area contributed by atoms with Gasteiger partial charge in [0.25, 0.3) is 0 Å². The minimum Gasteiger partial charge on any atom is -0.390 e. The summed E-state index contributed by atoms with van der Waals surface area (Å²) in [5.41, 5.74) is 1.71. The molecule has 0 unspecified atom stereocenters. The van der Waals surface area contributed by atoms with Crippen LogP contribution in [0, 0.1) is 0 Å². The molecule has 43 heavy (non-hydrogen) atoms. The Balaban J connectivity index is 0.00000100. The van der Waals surface area contributed by atoms with Crippen molar-refractivity contribution in [1.29, 1.82) is 0 Å². The van der Waals surface area contributed by atoms with Crippen molar-refractivity contribution in [2.75, 3.05) is 0 Å². The van der Waals surface area contributed by atoms with E-state index in [2.05, 4.69) is 19.9 Å². The number of hydrogen-bond donors (Lipinski definition) is 3. The molecular formula is C8H11B29ClN4O. The number of aliphatic hydroxyl groups excluding tert-OH is 1. The van der Waals surface area contributed by atoms with E-state index in [1.54, 1.807) is 18.7 Å². The van der Waals surface area contributed by atoms with Gasteiger partial charge in [-0.3, -0.25) is 0 Å². The Morgan fingerprint density at radius 3 is 1.12 bits per heavy atom. The van der Waals surface area contributed by atoms with Gasteiger partial charge in [-0.05, 0) is 0 Å². The maximum absolute atomic E-state index is 8.36. The third-order valence-corrected chi connectivity index (χ3v) is 7.27. The number of nitrogens with zero attached hydrogens (tertiary/aromatic N) is 2. The van der Waals surface area contributed by atoms with E-state index < -0.39 is 83.0 Å². The summed E-state index contributed by atoms with van der Waals surface area (Å²) in [6, 6.07) is 0. The molecule has 2 aromatic rings. The summed E-state index contributed by atoms with van der Waals surface area (Å²) in [5, 5.41) is 8.36. The highest BCUT2D eigenvalue weighted by molar-refractivity contribution is 8.26. The molecule has 163 valence electrons. The van der Waals surface area contributed by atoms with Gasteiger partial charge in [-0.25, -0.2) is 9.97 Å². The van der Waals surface area contributed by atoms with Crippen LogP contribution in [0.4, 0.5) is 0 Å². The molecule has 0 aromatic carbocycles. The largest absolute Gasteiger partial charge is 0.390 e. The summed E-state index contributed by atoms with van der Waals surface area (Å²) in [6.07, 6.45) is -5.44. The van der Waals surface area contributed by atoms with E-state index in [1.165, 1.54) is 13.4 Å². The lowest BCUT2D eigenvalue weighted by atomic mass is 8.32. The Morgan fingerprint density at radius 1 is 0.581 bits per heavy atom. The van der Waals surface area contributed by atoms with E-state index in [4.69, 9.17) is 133 Å². The van der Waals surface area contributed by atoms with Crippen LogP contribution in [0.15, 0.2) is 25.0 Å². The molecule has 0 spiro atoms. The predicted octanol–water partition coefficient (Wildman–Crippen LogP) is -9.99. The van der Waals surface area contributed by atoms with Gasteiger partial charge in [0, 0.05) is 218 Å². The van der Waals surface area contributed by atoms with Crippen molar-refractivity contribution in [2.24, 2.45) is 0 Å². The van der Waals surface area contributed by atoms with Gasteiger partial charge in [0.05, 0.1) is 37.0 Å². The summed E-state index contributed by atoms with van der Waals surface area (Å²) in [6.45, 7) is 0.0417. The number of nitrogens with one attached hydrogen (secondary N) is 2. The van der Waals surface area contributed by atoms with E-state index in [-0.39, 0.29) is 6.61 Å². The second-order valence-electron chi connectivity index (χ2n) is 10.1. The molecule has 2 aromatic heterocycles. The first-order chi connectivity index (χ1) is 20.1. The highest BCUT2D eigenvalue weighted by atomic mass is 35.5. The Bertz CT molecular complexity index is 839. The van der Waals surface area contributed by atoms with Gasteiger partial charge < -0.3 is 15.1 Å². The average molecular weight is 528 g/mol. The Labute approximate surface area is 290 Å². The molecule has 0 fully saturated rings. The van der Waals surface area contributed by atoms with Crippen molar-refractivity contribution < 1.29 is 5.11 Å². The molecule has 0 aliphatic carbocycles. The smallest absolute Gasteiger partial charge is 0.0922 e. The fourth-order valence-electron chi connectivity index (χ4n) is 5.09. The summed E-state index contributed by atoms with van der Waals surface area (Å²) < 4.78 is 0. The molecule has 2 heterocycles. The van der Waals surface area contributed by atoms with Crippen molar-refractivity contribution in [3.63, 3.8) is 0 Å². The lowest BCUT2D eigenvalue weighted by Crippen LogP contribution is -2.87. The van der Waals surface area contributed by atoms with Crippen molar-refractivity contribution in [3.05, 3.63) is 36.4 Å². The first-order valence-corrected chi connectivity index (χ1v) is 13.8. The monoisotopic (exact) mass is 533 g/mol. The highest BCUT2D eigenvalue weighted by Crippen LogP contribution is 2.13. The minimum atomic E-state index is -1.03. The van der Waals surface area contributed by atoms with Crippen LogP contribution in [0.25, 0.3) is 0 Å². The van der Waals surface area contributed by atoms with Crippen LogP contribution in [0.3, 0.4) is 0 Å². The molecule has 2 rings (SSSR count). The van der Waals surface area contributed by atoms with Crippen LogP contribution in [0.5, 0.6) is 0 Å². The van der Waals surface area contributed by atoms with Gasteiger partial charge in [-0.2, -0.15) is 0 Å². The van der Waals surface area contributed by atoms with Crippen LogP contribution in [-0.2, 0) is 12.5 Å². The number of halogens is 1. The molecular weight excluding hydrogens is 517 g/mol. The fraction of sp³-hybridized carbons (Fsp3) is 0.250. The van der Waals surface area contributed by atoms with Crippen LogP contribution >= 0.6 is 11.6 Å². The van der Waals surface area contributed by atoms with E-state index in [9.17, 15) is 0 Å². The molecule has 0 aliphatic heterocycles. The molecule has 35 heteroatoms. The van der Waals surface area contributed by atoms with Gasteiger partial charge in [-0.1, -0.05) is 0 Å². The third kappa shape index (κ3) is 14.9. The van der Waals surface area contributed by atoms with E-state index in [1.807, 2.05) is 0 Å². The zero-order valence-corrected chi connectivity index (χ0v) is 24.9. The number of aromatic nitrogens is 4. The lowest BCUT2D eigenvalue weighted by molar-refractivity contribution is 0.277. The summed E-state index contributed by atoms with van der Waals surface area (Å²) in [4.78, 5) is 13.0. The van der Waals surface area contributed by atoms with Gasteiger partial charge in [0.2, 0.25) is 0 Å². The number of hydrogen-bond acceptors (Lipinski definition) is 3. The summed E-state index contributed by atoms with van der Waals surface area (Å²) >= 11 is 5.40. The first kappa shape index (κ1) is 43.6. The van der Waals surface area contributed by atoms with Crippen molar-refractivity contribution in [2.45, 2.75) is 12.5 Å². The highest BCUT2D eigenvalue weighted by Gasteiger charge is 2.51. The Hall–Kier alpha value is 0.553. The molecule has 0 amide bonds. The molecule has 0 saturated carbocycles. The molecule has 31 radical (unpaired) electrons. The van der Waals surface area contributed by atoms with Crippen molar-refractivity contribution in [1.82, 2.24) is 19.9 Å². The SMILES string of the molecule is ClCc1cnc[nH]1.OCc1cnc[nH]1.[B][B]B(B([B])[B])B(B(B([B])[B])B([B])[B])B(B(B([B])[B])B([B])[B])B(B([B])[B])B([B])[B]. The number of rotatable bonds is 15. The maximum atomic E-state index is 8.36. The molecule has 0 atom stereocenters. The minimum absolute atomic E-state index is 0.0417. The second kappa shape index (κ2) is 23.0. The summed E-state index contributed by atoms with van der Waals surface area (Å²) in [7, 11) is 91.2. The molecule has 0 saturated heterocycles. The van der Waals surface area contributed by atoms with E-state index >= 15 is 0 Å². The number of imidazole rings is 2. The summed E-state index contributed by atoms with van der Waals surface area (Å²) in [5.74, 6) is 0.514. The van der Waals surface area contributed by atoms with Crippen LogP contribution in [-0.4, -0.2) is 231 Å². The van der Waals surface area contributed by atoms with Crippen molar-refractivity contribution >= 4 is 218 Å². The quantitative estimate of drug-likeness (QED) is 0.159. The number of aliphatic hydroxyl groups is 1. The Kier molecular flexibility index (Phi) is 23.3. The standard InChI is InChI=1S/C4H5ClN2.C4H6N2O.B29/c5-1-4-2-6-3-7-4;7-2-4-1-5-3-6-4;1-16-24(17(2)3)28(25(18(4)5)19(6)7)29(26(20(8)9)21(10)11)27(22(12)13)23(14)15/h2-3H,1H2,(H,6,7);1,3,7H,2H2,(H,5,6);. The molecule has 0 aliphatic rings. The predicted molar refractivity (Wildman–Crippen MR) is 220 cm³/mol. The van der Waals surface area contributed by atoms with Crippen molar-refractivity contribution in [3.8, 4) is 0 Å². The van der Waals surface area contributed by atoms with Gasteiger partial charge >= 0.3 is 0 Å².